The molecule has 3 aromatic rings. The van der Waals surface area contributed by atoms with E-state index in [1.54, 1.807) is 0 Å². The summed E-state index contributed by atoms with van der Waals surface area (Å²) in [5, 5.41) is 2.68. The van der Waals surface area contributed by atoms with Crippen LogP contribution in [0.15, 0.2) is 36.4 Å². The van der Waals surface area contributed by atoms with Gasteiger partial charge in [-0.05, 0) is 70.8 Å². The number of nitrogens with one attached hydrogen (secondary N) is 1. The second-order valence-electron chi connectivity index (χ2n) is 5.29. The Balaban J connectivity index is 2.24. The van der Waals surface area contributed by atoms with Crippen molar-refractivity contribution < 1.29 is 0 Å². The lowest BCUT2D eigenvalue weighted by Gasteiger charge is -2.04. The van der Waals surface area contributed by atoms with Crippen LogP contribution in [0.1, 0.15) is 19.4 Å². The maximum absolute atomic E-state index is 3.48. The van der Waals surface area contributed by atoms with Crippen molar-refractivity contribution >= 4 is 44.4 Å². The summed E-state index contributed by atoms with van der Waals surface area (Å²) in [7, 11) is 0. The van der Waals surface area contributed by atoms with E-state index < -0.39 is 0 Å². The minimum atomic E-state index is 0.702. The fourth-order valence-electron chi connectivity index (χ4n) is 2.52. The van der Waals surface area contributed by atoms with E-state index in [-0.39, 0.29) is 0 Å². The van der Waals surface area contributed by atoms with E-state index in [9.17, 15) is 0 Å². The van der Waals surface area contributed by atoms with E-state index in [0.717, 1.165) is 6.42 Å². The van der Waals surface area contributed by atoms with Gasteiger partial charge in [0.1, 0.15) is 0 Å². The van der Waals surface area contributed by atoms with Crippen molar-refractivity contribution in [2.45, 2.75) is 20.3 Å². The highest BCUT2D eigenvalue weighted by atomic mass is 127. The zero-order valence-corrected chi connectivity index (χ0v) is 12.8. The van der Waals surface area contributed by atoms with Gasteiger partial charge in [0.05, 0.1) is 0 Å². The van der Waals surface area contributed by atoms with Crippen molar-refractivity contribution in [1.29, 1.82) is 0 Å². The normalized spacial score (nSPS) is 11.8. The van der Waals surface area contributed by atoms with Crippen molar-refractivity contribution in [1.82, 2.24) is 4.98 Å². The van der Waals surface area contributed by atoms with Gasteiger partial charge < -0.3 is 4.98 Å². The fraction of sp³-hybridized carbons (Fsp3) is 0.250. The molecular weight excluding hydrogens is 333 g/mol. The van der Waals surface area contributed by atoms with Crippen molar-refractivity contribution in [2.75, 3.05) is 0 Å². The molecule has 1 nitrogen and oxygen atoms in total. The molecule has 0 aliphatic carbocycles. The first-order valence-corrected chi connectivity index (χ1v) is 7.41. The quantitative estimate of drug-likeness (QED) is 0.618. The van der Waals surface area contributed by atoms with E-state index in [2.05, 4.69) is 77.8 Å². The van der Waals surface area contributed by atoms with E-state index in [4.69, 9.17) is 0 Å². The molecule has 0 aliphatic heterocycles. The Morgan fingerprint density at radius 1 is 1.00 bits per heavy atom. The molecule has 0 atom stereocenters. The Morgan fingerprint density at radius 2 is 1.67 bits per heavy atom. The van der Waals surface area contributed by atoms with E-state index in [0.29, 0.717) is 5.92 Å². The molecule has 1 N–H and O–H groups in total. The first-order chi connectivity index (χ1) is 8.63. The summed E-state index contributed by atoms with van der Waals surface area (Å²) in [6, 6.07) is 13.4. The Hall–Kier alpha value is -1.03. The Labute approximate surface area is 121 Å². The molecule has 0 saturated heterocycles. The van der Waals surface area contributed by atoms with Gasteiger partial charge >= 0.3 is 0 Å². The average Bonchev–Trinajstić information content (AvgIpc) is 2.66. The van der Waals surface area contributed by atoms with Gasteiger partial charge in [-0.2, -0.15) is 0 Å². The van der Waals surface area contributed by atoms with E-state index in [1.165, 1.54) is 30.9 Å². The topological polar surface area (TPSA) is 15.8 Å². The number of hydrogen-bond donors (Lipinski definition) is 1. The Kier molecular flexibility index (Phi) is 3.06. The third-order valence-electron chi connectivity index (χ3n) is 3.27. The van der Waals surface area contributed by atoms with Crippen LogP contribution in [0.4, 0.5) is 0 Å². The number of H-pyrrole nitrogens is 1. The highest BCUT2D eigenvalue weighted by molar-refractivity contribution is 14.1. The smallest absolute Gasteiger partial charge is 0.0465 e. The van der Waals surface area contributed by atoms with Gasteiger partial charge in [0, 0.05) is 25.4 Å². The lowest BCUT2D eigenvalue weighted by molar-refractivity contribution is 0.648. The summed E-state index contributed by atoms with van der Waals surface area (Å²) in [6.07, 6.45) is 1.15. The number of fused-ring (bicyclic) bond motifs is 3. The molecule has 0 aliphatic rings. The maximum atomic E-state index is 3.48. The lowest BCUT2D eigenvalue weighted by atomic mass is 10.0. The van der Waals surface area contributed by atoms with Gasteiger partial charge in [-0.15, -0.1) is 0 Å². The second kappa shape index (κ2) is 4.57. The Morgan fingerprint density at radius 3 is 2.39 bits per heavy atom. The molecule has 0 fully saturated rings. The molecule has 0 spiro atoms. The first-order valence-electron chi connectivity index (χ1n) is 6.33. The lowest BCUT2D eigenvalue weighted by Crippen LogP contribution is -1.93. The van der Waals surface area contributed by atoms with Crippen LogP contribution in [0.25, 0.3) is 21.8 Å². The van der Waals surface area contributed by atoms with Gasteiger partial charge in [-0.1, -0.05) is 19.9 Å². The summed E-state index contributed by atoms with van der Waals surface area (Å²) in [4.78, 5) is 3.48. The summed E-state index contributed by atoms with van der Waals surface area (Å²) in [5.41, 5.74) is 3.89. The van der Waals surface area contributed by atoms with Crippen LogP contribution >= 0.6 is 22.6 Å². The van der Waals surface area contributed by atoms with Crippen LogP contribution < -0.4 is 0 Å². The van der Waals surface area contributed by atoms with Crippen molar-refractivity contribution in [3.8, 4) is 0 Å². The van der Waals surface area contributed by atoms with Crippen LogP contribution in [0.2, 0.25) is 0 Å². The summed E-state index contributed by atoms with van der Waals surface area (Å²) in [5.74, 6) is 0.702. The molecule has 2 aromatic carbocycles. The number of halogens is 1. The predicted octanol–water partition coefficient (Wildman–Crippen LogP) is 5.12. The maximum Gasteiger partial charge on any atom is 0.0465 e. The van der Waals surface area contributed by atoms with Crippen molar-refractivity contribution in [3.63, 3.8) is 0 Å². The molecule has 92 valence electrons. The first kappa shape index (κ1) is 12.0. The van der Waals surface area contributed by atoms with Gasteiger partial charge in [-0.25, -0.2) is 0 Å². The second-order valence-corrected chi connectivity index (χ2v) is 6.54. The molecular formula is C16H16IN. The summed E-state index contributed by atoms with van der Waals surface area (Å²) < 4.78 is 1.29. The molecule has 1 heterocycles. The largest absolute Gasteiger partial charge is 0.355 e. The van der Waals surface area contributed by atoms with Crippen LogP contribution in [0.5, 0.6) is 0 Å². The average molecular weight is 349 g/mol. The van der Waals surface area contributed by atoms with Crippen LogP contribution in [-0.4, -0.2) is 4.98 Å². The predicted molar refractivity (Wildman–Crippen MR) is 87.1 cm³/mol. The fourth-order valence-corrected chi connectivity index (χ4v) is 3.01. The van der Waals surface area contributed by atoms with Crippen molar-refractivity contribution in [2.24, 2.45) is 5.92 Å². The number of rotatable bonds is 2. The molecule has 0 radical (unpaired) electrons. The van der Waals surface area contributed by atoms with Gasteiger partial charge in [-0.3, -0.25) is 0 Å². The third kappa shape index (κ3) is 2.14. The molecule has 3 rings (SSSR count). The van der Waals surface area contributed by atoms with Crippen molar-refractivity contribution in [3.05, 3.63) is 45.5 Å². The number of aromatic amines is 1. The molecule has 0 unspecified atom stereocenters. The molecule has 1 aromatic heterocycles. The standard InChI is InChI=1S/C16H16IN/c1-10(2)7-11-3-5-15-13(8-11)14-9-12(17)4-6-16(14)18-15/h3-6,8-10,18H,7H2,1-2H3. The highest BCUT2D eigenvalue weighted by Gasteiger charge is 2.06. The molecule has 0 saturated carbocycles. The van der Waals surface area contributed by atoms with Gasteiger partial charge in [0.2, 0.25) is 0 Å². The minimum Gasteiger partial charge on any atom is -0.355 e. The number of hydrogen-bond acceptors (Lipinski definition) is 0. The van der Waals surface area contributed by atoms with Gasteiger partial charge in [0.15, 0.2) is 0 Å². The minimum absolute atomic E-state index is 0.702. The Bertz CT molecular complexity index is 710. The molecule has 0 amide bonds. The SMILES string of the molecule is CC(C)Cc1ccc2[nH]c3ccc(I)cc3c2c1. The summed E-state index contributed by atoms with van der Waals surface area (Å²) >= 11 is 2.37. The van der Waals surface area contributed by atoms with E-state index >= 15 is 0 Å². The van der Waals surface area contributed by atoms with Gasteiger partial charge in [0.25, 0.3) is 0 Å². The molecule has 18 heavy (non-hydrogen) atoms. The van der Waals surface area contributed by atoms with Crippen LogP contribution in [0, 0.1) is 9.49 Å². The molecule has 0 bridgehead atoms. The number of aromatic nitrogens is 1. The molecule has 2 heteroatoms. The summed E-state index contributed by atoms with van der Waals surface area (Å²) in [6.45, 7) is 4.53. The third-order valence-corrected chi connectivity index (χ3v) is 3.94. The number of benzene rings is 2. The zero-order chi connectivity index (χ0) is 12.7. The zero-order valence-electron chi connectivity index (χ0n) is 10.6. The van der Waals surface area contributed by atoms with Crippen LogP contribution in [-0.2, 0) is 6.42 Å². The highest BCUT2D eigenvalue weighted by Crippen LogP contribution is 2.28. The monoisotopic (exact) mass is 349 g/mol. The van der Waals surface area contributed by atoms with E-state index in [1.807, 2.05) is 0 Å². The van der Waals surface area contributed by atoms with Crippen LogP contribution in [0.3, 0.4) is 0 Å².